The normalized spacial score (nSPS) is 11.3. The molecule has 0 aliphatic rings. The smallest absolute Gasteiger partial charge is 0.460 e. The molecular weight excluding hydrogens is 275 g/mol. The highest BCUT2D eigenvalue weighted by atomic mass is 35.5. The third-order valence-electron chi connectivity index (χ3n) is 1.82. The van der Waals surface area contributed by atoms with Gasteiger partial charge in [0.15, 0.2) is 0 Å². The van der Waals surface area contributed by atoms with E-state index in [1.165, 1.54) is 18.2 Å². The van der Waals surface area contributed by atoms with E-state index >= 15 is 0 Å². The third-order valence-corrected chi connectivity index (χ3v) is 2.05. The maximum atomic E-state index is 11.6. The van der Waals surface area contributed by atoms with Gasteiger partial charge in [0, 0.05) is 10.7 Å². The Bertz CT molecular complexity index is 437. The van der Waals surface area contributed by atoms with Crippen LogP contribution in [-0.4, -0.2) is 25.5 Å². The summed E-state index contributed by atoms with van der Waals surface area (Å²) in [5.74, 6) is -0.860. The zero-order valence-corrected chi connectivity index (χ0v) is 9.72. The first-order chi connectivity index (χ1) is 8.29. The number of ether oxygens (including phenoxy) is 2. The lowest BCUT2D eigenvalue weighted by Gasteiger charge is -2.09. The van der Waals surface area contributed by atoms with E-state index in [2.05, 4.69) is 9.47 Å². The number of benzene rings is 1. The summed E-state index contributed by atoms with van der Waals surface area (Å²) in [5.41, 5.74) is 5.61. The van der Waals surface area contributed by atoms with Crippen molar-refractivity contribution >= 4 is 23.3 Å². The van der Waals surface area contributed by atoms with Crippen LogP contribution in [0.4, 0.5) is 18.9 Å². The first-order valence-electron chi connectivity index (χ1n) is 4.72. The van der Waals surface area contributed by atoms with Crippen LogP contribution in [0.3, 0.4) is 0 Å². The standard InChI is InChI=1S/C10H9ClF3NO3/c11-6-1-2-8(15)7(5-6)9(16)17-3-4-18-10(12,13)14/h1-2,5H,3-4,15H2. The molecule has 0 radical (unpaired) electrons. The number of hydrogen-bond donors (Lipinski definition) is 1. The number of carbonyl (C=O) groups is 1. The summed E-state index contributed by atoms with van der Waals surface area (Å²) in [4.78, 5) is 11.4. The lowest BCUT2D eigenvalue weighted by atomic mass is 10.2. The van der Waals surface area contributed by atoms with Crippen LogP contribution in [0.5, 0.6) is 0 Å². The number of alkyl halides is 3. The predicted molar refractivity (Wildman–Crippen MR) is 58.2 cm³/mol. The molecule has 18 heavy (non-hydrogen) atoms. The summed E-state index contributed by atoms with van der Waals surface area (Å²) in [7, 11) is 0. The molecule has 4 nitrogen and oxygen atoms in total. The number of nitrogen functional groups attached to an aromatic ring is 1. The molecule has 0 fully saturated rings. The first-order valence-corrected chi connectivity index (χ1v) is 5.10. The summed E-state index contributed by atoms with van der Waals surface area (Å²) in [6, 6.07) is 4.13. The fourth-order valence-electron chi connectivity index (χ4n) is 1.07. The van der Waals surface area contributed by atoms with Crippen molar-refractivity contribution in [2.24, 2.45) is 0 Å². The topological polar surface area (TPSA) is 61.6 Å². The summed E-state index contributed by atoms with van der Waals surface area (Å²) in [6.07, 6.45) is -4.75. The zero-order valence-electron chi connectivity index (χ0n) is 8.96. The van der Waals surface area contributed by atoms with Crippen molar-refractivity contribution in [3.63, 3.8) is 0 Å². The molecule has 0 amide bonds. The molecule has 1 aromatic carbocycles. The first kappa shape index (κ1) is 14.6. The van der Waals surface area contributed by atoms with E-state index in [1.54, 1.807) is 0 Å². The van der Waals surface area contributed by atoms with Crippen LogP contribution >= 0.6 is 11.6 Å². The second-order valence-corrected chi connectivity index (χ2v) is 3.60. The number of carbonyl (C=O) groups excluding carboxylic acids is 1. The number of esters is 1. The minimum atomic E-state index is -4.75. The molecule has 0 atom stereocenters. The van der Waals surface area contributed by atoms with E-state index in [0.717, 1.165) is 0 Å². The van der Waals surface area contributed by atoms with E-state index in [1.807, 2.05) is 0 Å². The largest absolute Gasteiger partial charge is 0.522 e. The molecule has 0 heterocycles. The van der Waals surface area contributed by atoms with Crippen molar-refractivity contribution in [2.75, 3.05) is 18.9 Å². The molecule has 0 aliphatic heterocycles. The van der Waals surface area contributed by atoms with Crippen molar-refractivity contribution in [1.29, 1.82) is 0 Å². The third kappa shape index (κ3) is 4.80. The molecular formula is C10H9ClF3NO3. The van der Waals surface area contributed by atoms with Crippen LogP contribution in [0.25, 0.3) is 0 Å². The van der Waals surface area contributed by atoms with Gasteiger partial charge in [0.2, 0.25) is 0 Å². The van der Waals surface area contributed by atoms with Crippen LogP contribution in [0, 0.1) is 0 Å². The van der Waals surface area contributed by atoms with Gasteiger partial charge >= 0.3 is 12.3 Å². The fraction of sp³-hybridized carbons (Fsp3) is 0.300. The molecule has 0 saturated heterocycles. The summed E-state index contributed by atoms with van der Waals surface area (Å²) in [5, 5.41) is 0.266. The van der Waals surface area contributed by atoms with Gasteiger partial charge in [-0.3, -0.25) is 4.74 Å². The second-order valence-electron chi connectivity index (χ2n) is 3.16. The molecule has 0 spiro atoms. The fourth-order valence-corrected chi connectivity index (χ4v) is 1.25. The van der Waals surface area contributed by atoms with Crippen molar-refractivity contribution < 1.29 is 27.4 Å². The molecule has 0 unspecified atom stereocenters. The minimum Gasteiger partial charge on any atom is -0.460 e. The van der Waals surface area contributed by atoms with Crippen LogP contribution in [0.2, 0.25) is 5.02 Å². The Hall–Kier alpha value is -1.47. The molecule has 8 heteroatoms. The molecule has 1 aromatic rings. The number of halogens is 4. The van der Waals surface area contributed by atoms with Gasteiger partial charge in [0.25, 0.3) is 0 Å². The lowest BCUT2D eigenvalue weighted by molar-refractivity contribution is -0.326. The number of anilines is 1. The molecule has 0 aromatic heterocycles. The van der Waals surface area contributed by atoms with Gasteiger partial charge in [-0.15, -0.1) is 13.2 Å². The van der Waals surface area contributed by atoms with Gasteiger partial charge < -0.3 is 10.5 Å². The predicted octanol–water partition coefficient (Wildman–Crippen LogP) is 2.62. The number of rotatable bonds is 4. The highest BCUT2D eigenvalue weighted by Gasteiger charge is 2.28. The van der Waals surface area contributed by atoms with Crippen molar-refractivity contribution in [2.45, 2.75) is 6.36 Å². The Morgan fingerprint density at radius 1 is 1.33 bits per heavy atom. The molecule has 100 valence electrons. The molecule has 0 aliphatic carbocycles. The van der Waals surface area contributed by atoms with Gasteiger partial charge in [-0.1, -0.05) is 11.6 Å². The Balaban J connectivity index is 2.48. The molecule has 0 saturated carbocycles. The van der Waals surface area contributed by atoms with Crippen LogP contribution in [0.15, 0.2) is 18.2 Å². The molecule has 2 N–H and O–H groups in total. The van der Waals surface area contributed by atoms with E-state index in [4.69, 9.17) is 17.3 Å². The van der Waals surface area contributed by atoms with E-state index in [-0.39, 0.29) is 16.3 Å². The van der Waals surface area contributed by atoms with Crippen molar-refractivity contribution in [1.82, 2.24) is 0 Å². The summed E-state index contributed by atoms with van der Waals surface area (Å²) in [6.45, 7) is -1.32. The van der Waals surface area contributed by atoms with Gasteiger partial charge in [0.1, 0.15) is 6.61 Å². The van der Waals surface area contributed by atoms with Gasteiger partial charge in [0.05, 0.1) is 12.2 Å². The van der Waals surface area contributed by atoms with Crippen molar-refractivity contribution in [3.8, 4) is 0 Å². The highest BCUT2D eigenvalue weighted by Crippen LogP contribution is 2.19. The van der Waals surface area contributed by atoms with Crippen molar-refractivity contribution in [3.05, 3.63) is 28.8 Å². The molecule has 1 rings (SSSR count). The zero-order chi connectivity index (χ0) is 13.8. The van der Waals surface area contributed by atoms with Crippen LogP contribution in [0.1, 0.15) is 10.4 Å². The maximum absolute atomic E-state index is 11.6. The van der Waals surface area contributed by atoms with Gasteiger partial charge in [-0.05, 0) is 18.2 Å². The van der Waals surface area contributed by atoms with Crippen LogP contribution in [-0.2, 0) is 9.47 Å². The van der Waals surface area contributed by atoms with Gasteiger partial charge in [-0.2, -0.15) is 0 Å². The highest BCUT2D eigenvalue weighted by molar-refractivity contribution is 6.31. The number of hydrogen-bond acceptors (Lipinski definition) is 4. The average molecular weight is 284 g/mol. The lowest BCUT2D eigenvalue weighted by Crippen LogP contribution is -2.19. The SMILES string of the molecule is Nc1ccc(Cl)cc1C(=O)OCCOC(F)(F)F. The quantitative estimate of drug-likeness (QED) is 0.524. The minimum absolute atomic E-state index is 0.00508. The maximum Gasteiger partial charge on any atom is 0.522 e. The van der Waals surface area contributed by atoms with Crippen LogP contribution < -0.4 is 5.73 Å². The second kappa shape index (κ2) is 5.92. The number of nitrogens with two attached hydrogens (primary N) is 1. The molecule has 0 bridgehead atoms. The van der Waals surface area contributed by atoms with Gasteiger partial charge in [-0.25, -0.2) is 4.79 Å². The van der Waals surface area contributed by atoms with E-state index < -0.39 is 25.5 Å². The summed E-state index contributed by atoms with van der Waals surface area (Å²) >= 11 is 5.65. The Labute approximate surface area is 105 Å². The average Bonchev–Trinajstić information content (AvgIpc) is 2.26. The monoisotopic (exact) mass is 283 g/mol. The summed E-state index contributed by atoms with van der Waals surface area (Å²) < 4.78 is 42.9. The Morgan fingerprint density at radius 2 is 2.00 bits per heavy atom. The van der Waals surface area contributed by atoms with E-state index in [0.29, 0.717) is 0 Å². The Morgan fingerprint density at radius 3 is 2.61 bits per heavy atom. The van der Waals surface area contributed by atoms with E-state index in [9.17, 15) is 18.0 Å². The Kier molecular flexibility index (Phi) is 4.80.